The van der Waals surface area contributed by atoms with Gasteiger partial charge in [0.1, 0.15) is 12.5 Å². The van der Waals surface area contributed by atoms with Gasteiger partial charge in [-0.2, -0.15) is 0 Å². The Morgan fingerprint density at radius 1 is 1.67 bits per heavy atom. The maximum absolute atomic E-state index is 12.5. The molecule has 9 heavy (non-hydrogen) atoms. The van der Waals surface area contributed by atoms with E-state index in [0.29, 0.717) is 0 Å². The molecule has 0 N–H and O–H groups in total. The third-order valence-electron chi connectivity index (χ3n) is 1.53. The standard InChI is InChI=1S/C7H8F2/c1-7(5-8)4-2-3-6(7)9/h2-4H,5H2,1H3. The van der Waals surface area contributed by atoms with Crippen molar-refractivity contribution in [1.29, 1.82) is 0 Å². The molecule has 0 nitrogen and oxygen atoms in total. The summed E-state index contributed by atoms with van der Waals surface area (Å²) in [6, 6.07) is 0. The van der Waals surface area contributed by atoms with Crippen LogP contribution in [0.3, 0.4) is 0 Å². The fraction of sp³-hybridized carbons (Fsp3) is 0.429. The summed E-state index contributed by atoms with van der Waals surface area (Å²) in [6.07, 6.45) is 4.36. The molecule has 0 amide bonds. The molecule has 0 aromatic carbocycles. The van der Waals surface area contributed by atoms with Crippen LogP contribution in [0, 0.1) is 5.41 Å². The maximum atomic E-state index is 12.5. The molecule has 1 aliphatic rings. The quantitative estimate of drug-likeness (QED) is 0.511. The molecule has 0 aromatic heterocycles. The number of hydrogen-bond donors (Lipinski definition) is 0. The minimum atomic E-state index is -0.958. The highest BCUT2D eigenvalue weighted by molar-refractivity contribution is 5.28. The minimum Gasteiger partial charge on any atom is -0.250 e. The van der Waals surface area contributed by atoms with Gasteiger partial charge in [-0.1, -0.05) is 12.2 Å². The highest BCUT2D eigenvalue weighted by atomic mass is 19.1. The second-order valence-corrected chi connectivity index (χ2v) is 2.42. The Hall–Kier alpha value is -0.660. The smallest absolute Gasteiger partial charge is 0.112 e. The molecule has 0 saturated carbocycles. The highest BCUT2D eigenvalue weighted by Gasteiger charge is 2.28. The Bertz CT molecular complexity index is 170. The molecule has 1 rings (SSSR count). The van der Waals surface area contributed by atoms with Crippen molar-refractivity contribution in [2.24, 2.45) is 5.41 Å². The van der Waals surface area contributed by atoms with Gasteiger partial charge in [-0.15, -0.1) is 0 Å². The van der Waals surface area contributed by atoms with Crippen molar-refractivity contribution in [3.8, 4) is 0 Å². The summed E-state index contributed by atoms with van der Waals surface area (Å²) < 4.78 is 24.5. The molecule has 0 fully saturated rings. The van der Waals surface area contributed by atoms with Crippen molar-refractivity contribution in [3.05, 3.63) is 24.1 Å². The van der Waals surface area contributed by atoms with E-state index < -0.39 is 12.1 Å². The zero-order valence-electron chi connectivity index (χ0n) is 5.20. The number of allylic oxidation sites excluding steroid dienone is 4. The lowest BCUT2D eigenvalue weighted by Gasteiger charge is -2.15. The summed E-state index contributed by atoms with van der Waals surface area (Å²) >= 11 is 0. The van der Waals surface area contributed by atoms with Crippen LogP contribution in [0.4, 0.5) is 8.78 Å². The van der Waals surface area contributed by atoms with Crippen molar-refractivity contribution in [3.63, 3.8) is 0 Å². The van der Waals surface area contributed by atoms with Gasteiger partial charge in [-0.25, -0.2) is 8.78 Å². The summed E-state index contributed by atoms with van der Waals surface area (Å²) in [5.74, 6) is -0.384. The lowest BCUT2D eigenvalue weighted by atomic mass is 9.94. The zero-order chi connectivity index (χ0) is 6.91. The van der Waals surface area contributed by atoms with Crippen LogP contribution in [0.25, 0.3) is 0 Å². The van der Waals surface area contributed by atoms with Crippen molar-refractivity contribution < 1.29 is 8.78 Å². The maximum Gasteiger partial charge on any atom is 0.112 e. The van der Waals surface area contributed by atoms with Gasteiger partial charge in [0.2, 0.25) is 0 Å². The van der Waals surface area contributed by atoms with Crippen molar-refractivity contribution >= 4 is 0 Å². The average Bonchev–Trinajstić information content (AvgIpc) is 2.15. The summed E-state index contributed by atoms with van der Waals surface area (Å²) in [5, 5.41) is 0. The number of alkyl halides is 1. The third-order valence-corrected chi connectivity index (χ3v) is 1.53. The molecule has 0 aliphatic heterocycles. The first-order valence-corrected chi connectivity index (χ1v) is 2.80. The SMILES string of the molecule is CC1(CF)C=CC=C1F. The van der Waals surface area contributed by atoms with E-state index in [1.807, 2.05) is 0 Å². The first-order chi connectivity index (χ1) is 4.19. The van der Waals surface area contributed by atoms with E-state index >= 15 is 0 Å². The molecule has 0 bridgehead atoms. The molecule has 0 radical (unpaired) electrons. The first-order valence-electron chi connectivity index (χ1n) is 2.80. The number of hydrogen-bond acceptors (Lipinski definition) is 0. The van der Waals surface area contributed by atoms with Gasteiger partial charge in [0.25, 0.3) is 0 Å². The van der Waals surface area contributed by atoms with Crippen LogP contribution in [0.15, 0.2) is 24.1 Å². The van der Waals surface area contributed by atoms with Crippen LogP contribution >= 0.6 is 0 Å². The number of rotatable bonds is 1. The molecular formula is C7H8F2. The molecule has 0 saturated heterocycles. The largest absolute Gasteiger partial charge is 0.250 e. The molecule has 0 aromatic rings. The van der Waals surface area contributed by atoms with Crippen molar-refractivity contribution in [2.45, 2.75) is 6.92 Å². The van der Waals surface area contributed by atoms with E-state index in [-0.39, 0.29) is 5.83 Å². The van der Waals surface area contributed by atoms with Gasteiger partial charge in [-0.05, 0) is 13.0 Å². The van der Waals surface area contributed by atoms with Gasteiger partial charge < -0.3 is 0 Å². The lowest BCUT2D eigenvalue weighted by molar-refractivity contribution is 0.299. The zero-order valence-corrected chi connectivity index (χ0v) is 5.20. The fourth-order valence-corrected chi connectivity index (χ4v) is 0.723. The fourth-order valence-electron chi connectivity index (χ4n) is 0.723. The predicted molar refractivity (Wildman–Crippen MR) is 32.4 cm³/mol. The highest BCUT2D eigenvalue weighted by Crippen LogP contribution is 2.34. The molecule has 1 unspecified atom stereocenters. The van der Waals surface area contributed by atoms with E-state index in [1.54, 1.807) is 0 Å². The lowest BCUT2D eigenvalue weighted by Crippen LogP contribution is -2.13. The molecule has 1 aliphatic carbocycles. The molecule has 2 heteroatoms. The Labute approximate surface area is 52.9 Å². The minimum absolute atomic E-state index is 0.384. The van der Waals surface area contributed by atoms with Gasteiger partial charge in [0.15, 0.2) is 0 Å². The second kappa shape index (κ2) is 1.94. The molecule has 50 valence electrons. The topological polar surface area (TPSA) is 0 Å². The van der Waals surface area contributed by atoms with Gasteiger partial charge in [0.05, 0.1) is 5.41 Å². The Balaban J connectivity index is 2.82. The van der Waals surface area contributed by atoms with Gasteiger partial charge in [-0.3, -0.25) is 0 Å². The van der Waals surface area contributed by atoms with Crippen molar-refractivity contribution in [2.75, 3.05) is 6.67 Å². The third kappa shape index (κ3) is 0.889. The summed E-state index contributed by atoms with van der Waals surface area (Å²) in [6.45, 7) is 0.869. The van der Waals surface area contributed by atoms with Crippen LogP contribution in [-0.2, 0) is 0 Å². The first kappa shape index (κ1) is 6.46. The van der Waals surface area contributed by atoms with Crippen LogP contribution < -0.4 is 0 Å². The molecule has 0 spiro atoms. The number of halogens is 2. The van der Waals surface area contributed by atoms with E-state index in [4.69, 9.17) is 0 Å². The van der Waals surface area contributed by atoms with Crippen LogP contribution in [0.2, 0.25) is 0 Å². The monoisotopic (exact) mass is 130 g/mol. The summed E-state index contributed by atoms with van der Waals surface area (Å²) in [5.41, 5.74) is -0.958. The van der Waals surface area contributed by atoms with Crippen LogP contribution in [0.1, 0.15) is 6.92 Å². The molecule has 0 heterocycles. The molecular weight excluding hydrogens is 122 g/mol. The summed E-state index contributed by atoms with van der Waals surface area (Å²) in [7, 11) is 0. The van der Waals surface area contributed by atoms with Crippen molar-refractivity contribution in [1.82, 2.24) is 0 Å². The molecule has 1 atom stereocenters. The summed E-state index contributed by atoms with van der Waals surface area (Å²) in [4.78, 5) is 0. The normalized spacial score (nSPS) is 33.0. The average molecular weight is 130 g/mol. The van der Waals surface area contributed by atoms with Crippen LogP contribution in [-0.4, -0.2) is 6.67 Å². The van der Waals surface area contributed by atoms with Gasteiger partial charge >= 0.3 is 0 Å². The predicted octanol–water partition coefficient (Wildman–Crippen LogP) is 2.39. The Kier molecular flexibility index (Phi) is 1.39. The van der Waals surface area contributed by atoms with E-state index in [2.05, 4.69) is 0 Å². The van der Waals surface area contributed by atoms with E-state index in [1.165, 1.54) is 25.2 Å². The van der Waals surface area contributed by atoms with E-state index in [9.17, 15) is 8.78 Å². The Morgan fingerprint density at radius 3 is 2.56 bits per heavy atom. The van der Waals surface area contributed by atoms with E-state index in [0.717, 1.165) is 0 Å². The van der Waals surface area contributed by atoms with Crippen LogP contribution in [0.5, 0.6) is 0 Å². The van der Waals surface area contributed by atoms with Gasteiger partial charge in [0, 0.05) is 0 Å². The Morgan fingerprint density at radius 2 is 2.33 bits per heavy atom. The second-order valence-electron chi connectivity index (χ2n) is 2.42.